The number of anilines is 1. The van der Waals surface area contributed by atoms with Crippen LogP contribution in [0.15, 0.2) is 41.4 Å². The second-order valence-corrected chi connectivity index (χ2v) is 6.70. The van der Waals surface area contributed by atoms with Gasteiger partial charge >= 0.3 is 0 Å². The molecule has 1 heterocycles. The molecule has 118 valence electrons. The Morgan fingerprint density at radius 3 is 2.55 bits per heavy atom. The lowest BCUT2D eigenvalue weighted by molar-refractivity contribution is 0.309. The number of pyridine rings is 1. The molecule has 0 amide bonds. The summed E-state index contributed by atoms with van der Waals surface area (Å²) < 4.78 is 33.3. The topological polar surface area (TPSA) is 68.3 Å². The summed E-state index contributed by atoms with van der Waals surface area (Å²) in [5.74, 6) is 0.649. The summed E-state index contributed by atoms with van der Waals surface area (Å²) >= 11 is 0. The molecule has 0 fully saturated rings. The number of aromatic nitrogens is 1. The number of ether oxygens (including phenoxy) is 1. The Labute approximate surface area is 131 Å². The second-order valence-electron chi connectivity index (χ2n) is 5.05. The average molecular weight is 320 g/mol. The van der Waals surface area contributed by atoms with Crippen LogP contribution in [0.25, 0.3) is 0 Å². The van der Waals surface area contributed by atoms with E-state index in [2.05, 4.69) is 9.71 Å². The van der Waals surface area contributed by atoms with E-state index in [4.69, 9.17) is 4.74 Å². The molecule has 0 radical (unpaired) electrons. The van der Waals surface area contributed by atoms with Gasteiger partial charge in [0.15, 0.2) is 0 Å². The van der Waals surface area contributed by atoms with Crippen LogP contribution in [0, 0.1) is 13.8 Å². The molecule has 0 saturated heterocycles. The van der Waals surface area contributed by atoms with Gasteiger partial charge in [0.1, 0.15) is 16.5 Å². The van der Waals surface area contributed by atoms with E-state index in [1.807, 2.05) is 20.8 Å². The fourth-order valence-electron chi connectivity index (χ4n) is 1.91. The zero-order valence-electron chi connectivity index (χ0n) is 13.0. The number of aryl methyl sites for hydroxylation is 2. The predicted octanol–water partition coefficient (Wildman–Crippen LogP) is 3.29. The highest BCUT2D eigenvalue weighted by molar-refractivity contribution is 7.92. The van der Waals surface area contributed by atoms with E-state index in [0.717, 1.165) is 17.5 Å². The zero-order valence-corrected chi connectivity index (χ0v) is 13.8. The van der Waals surface area contributed by atoms with Crippen molar-refractivity contribution < 1.29 is 13.2 Å². The first-order valence-electron chi connectivity index (χ1n) is 7.12. The van der Waals surface area contributed by atoms with Gasteiger partial charge in [-0.3, -0.25) is 4.72 Å². The lowest BCUT2D eigenvalue weighted by Crippen LogP contribution is -2.16. The minimum absolute atomic E-state index is 0.134. The maximum atomic E-state index is 12.6. The predicted molar refractivity (Wildman–Crippen MR) is 86.7 cm³/mol. The summed E-state index contributed by atoms with van der Waals surface area (Å²) in [4.78, 5) is 4.12. The van der Waals surface area contributed by atoms with Gasteiger partial charge in [-0.25, -0.2) is 13.4 Å². The molecule has 0 aliphatic carbocycles. The third-order valence-corrected chi connectivity index (χ3v) is 4.59. The van der Waals surface area contributed by atoms with Gasteiger partial charge in [0.25, 0.3) is 10.0 Å². The number of nitrogens with one attached hydrogen (secondary N) is 1. The smallest absolute Gasteiger partial charge is 0.266 e. The minimum atomic E-state index is -3.75. The molecule has 0 spiro atoms. The van der Waals surface area contributed by atoms with E-state index >= 15 is 0 Å². The van der Waals surface area contributed by atoms with Crippen molar-refractivity contribution in [3.63, 3.8) is 0 Å². The van der Waals surface area contributed by atoms with Gasteiger partial charge in [-0.2, -0.15) is 0 Å². The molecule has 2 aromatic rings. The van der Waals surface area contributed by atoms with Crippen LogP contribution >= 0.6 is 0 Å². The van der Waals surface area contributed by atoms with Gasteiger partial charge in [0.05, 0.1) is 6.61 Å². The summed E-state index contributed by atoms with van der Waals surface area (Å²) in [6.07, 6.45) is 2.34. The fourth-order valence-corrected chi connectivity index (χ4v) is 3.13. The van der Waals surface area contributed by atoms with Crippen LogP contribution in [0.2, 0.25) is 0 Å². The third kappa shape index (κ3) is 3.76. The number of nitrogens with zero attached hydrogens (tertiary/aromatic N) is 1. The van der Waals surface area contributed by atoms with Crippen molar-refractivity contribution in [3.05, 3.63) is 47.7 Å². The van der Waals surface area contributed by atoms with Crippen LogP contribution in [0.1, 0.15) is 24.5 Å². The Morgan fingerprint density at radius 2 is 1.91 bits per heavy atom. The average Bonchev–Trinajstić information content (AvgIpc) is 2.48. The van der Waals surface area contributed by atoms with Crippen LogP contribution in [-0.2, 0) is 10.0 Å². The molecule has 0 atom stereocenters. The Kier molecular flexibility index (Phi) is 5.03. The van der Waals surface area contributed by atoms with E-state index in [0.29, 0.717) is 12.4 Å². The van der Waals surface area contributed by atoms with E-state index < -0.39 is 10.0 Å². The largest absolute Gasteiger partial charge is 0.492 e. The Hall–Kier alpha value is -2.08. The normalized spacial score (nSPS) is 11.2. The molecule has 0 unspecified atom stereocenters. The van der Waals surface area contributed by atoms with Crippen LogP contribution in [-0.4, -0.2) is 20.0 Å². The number of sulfonamides is 1. The first-order chi connectivity index (χ1) is 10.4. The third-order valence-electron chi connectivity index (χ3n) is 3.22. The molecule has 0 aliphatic heterocycles. The number of hydrogen-bond acceptors (Lipinski definition) is 4. The summed E-state index contributed by atoms with van der Waals surface area (Å²) in [5.41, 5.74) is 1.88. The van der Waals surface area contributed by atoms with E-state index in [1.165, 1.54) is 6.20 Å². The highest BCUT2D eigenvalue weighted by Gasteiger charge is 2.21. The van der Waals surface area contributed by atoms with Crippen LogP contribution < -0.4 is 9.46 Å². The van der Waals surface area contributed by atoms with Crippen molar-refractivity contribution in [2.75, 3.05) is 11.3 Å². The zero-order chi connectivity index (χ0) is 16.2. The molecule has 0 bridgehead atoms. The van der Waals surface area contributed by atoms with Gasteiger partial charge in [-0.05, 0) is 55.7 Å². The monoisotopic (exact) mass is 320 g/mol. The van der Waals surface area contributed by atoms with Crippen molar-refractivity contribution in [1.29, 1.82) is 0 Å². The molecular weight excluding hydrogens is 300 g/mol. The van der Waals surface area contributed by atoms with Crippen LogP contribution in [0.5, 0.6) is 5.75 Å². The first kappa shape index (κ1) is 16.3. The molecule has 22 heavy (non-hydrogen) atoms. The van der Waals surface area contributed by atoms with E-state index in [1.54, 1.807) is 30.3 Å². The van der Waals surface area contributed by atoms with Crippen molar-refractivity contribution in [3.8, 4) is 5.75 Å². The first-order valence-corrected chi connectivity index (χ1v) is 8.60. The molecule has 2 rings (SSSR count). The molecule has 1 N–H and O–H groups in total. The second kappa shape index (κ2) is 6.79. The Balaban J connectivity index is 2.42. The molecule has 0 aliphatic rings. The highest BCUT2D eigenvalue weighted by atomic mass is 32.2. The lowest BCUT2D eigenvalue weighted by Gasteiger charge is -2.15. The standard InChI is InChI=1S/C16H20N2O3S/c1-4-9-21-14-10-12(2)13(3)11-15(14)22(19,20)18-16-7-5-6-8-17-16/h5-8,10-11H,4,9H2,1-3H3,(H,17,18). The van der Waals surface area contributed by atoms with E-state index in [9.17, 15) is 8.42 Å². The summed E-state index contributed by atoms with van der Waals surface area (Å²) in [5, 5.41) is 0. The molecule has 5 nitrogen and oxygen atoms in total. The van der Waals surface area contributed by atoms with Gasteiger partial charge < -0.3 is 4.74 Å². The Bertz CT molecular complexity index is 743. The maximum absolute atomic E-state index is 12.6. The minimum Gasteiger partial charge on any atom is -0.492 e. The number of hydrogen-bond donors (Lipinski definition) is 1. The van der Waals surface area contributed by atoms with Crippen LogP contribution in [0.4, 0.5) is 5.82 Å². The molecule has 1 aromatic heterocycles. The lowest BCUT2D eigenvalue weighted by atomic mass is 10.1. The molecule has 0 saturated carbocycles. The molecule has 6 heteroatoms. The SMILES string of the molecule is CCCOc1cc(C)c(C)cc1S(=O)(=O)Nc1ccccn1. The number of benzene rings is 1. The summed E-state index contributed by atoms with van der Waals surface area (Å²) in [6, 6.07) is 8.44. The quantitative estimate of drug-likeness (QED) is 0.887. The van der Waals surface area contributed by atoms with Gasteiger partial charge in [0, 0.05) is 6.20 Å². The Morgan fingerprint density at radius 1 is 1.18 bits per heavy atom. The summed E-state index contributed by atoms with van der Waals surface area (Å²) in [6.45, 7) is 6.24. The van der Waals surface area contributed by atoms with Crippen molar-refractivity contribution in [2.45, 2.75) is 32.1 Å². The number of rotatable bonds is 6. The van der Waals surface area contributed by atoms with Gasteiger partial charge in [-0.1, -0.05) is 13.0 Å². The molecular formula is C16H20N2O3S. The van der Waals surface area contributed by atoms with E-state index in [-0.39, 0.29) is 10.7 Å². The van der Waals surface area contributed by atoms with Crippen molar-refractivity contribution in [2.24, 2.45) is 0 Å². The highest BCUT2D eigenvalue weighted by Crippen LogP contribution is 2.29. The van der Waals surface area contributed by atoms with Crippen LogP contribution in [0.3, 0.4) is 0 Å². The maximum Gasteiger partial charge on any atom is 0.266 e. The van der Waals surface area contributed by atoms with Crippen molar-refractivity contribution in [1.82, 2.24) is 4.98 Å². The fraction of sp³-hybridized carbons (Fsp3) is 0.312. The van der Waals surface area contributed by atoms with Gasteiger partial charge in [0.2, 0.25) is 0 Å². The summed E-state index contributed by atoms with van der Waals surface area (Å²) in [7, 11) is -3.75. The van der Waals surface area contributed by atoms with Crippen molar-refractivity contribution >= 4 is 15.8 Å². The van der Waals surface area contributed by atoms with Gasteiger partial charge in [-0.15, -0.1) is 0 Å². The molecule has 1 aromatic carbocycles.